The van der Waals surface area contributed by atoms with Gasteiger partial charge in [-0.2, -0.15) is 4.31 Å². The summed E-state index contributed by atoms with van der Waals surface area (Å²) in [4.78, 5) is 38.3. The third-order valence-corrected chi connectivity index (χ3v) is 10.5. The number of carbonyl (C=O) groups is 1. The van der Waals surface area contributed by atoms with Gasteiger partial charge in [0.25, 0.3) is 5.69 Å². The monoisotopic (exact) mass is 742 g/mol. The van der Waals surface area contributed by atoms with Crippen LogP contribution in [-0.2, 0) is 27.8 Å². The van der Waals surface area contributed by atoms with Crippen molar-refractivity contribution < 1.29 is 28.3 Å². The predicted molar refractivity (Wildman–Crippen MR) is 194 cm³/mol. The molecular formula is C35H43ClN6O8S. The summed E-state index contributed by atoms with van der Waals surface area (Å²) in [6.45, 7) is 6.56. The SMILES string of the molecule is CC(C)CN(C[C@@H](O)[C@H](Cc1ccccc1)NC(=O)[C@H](C(C)C)n1cc(O)n(Cc2cccc([N+](=O)[O-])c2)c1=O)S(=O)(=O)c1ccc(Cl)c(N)c1. The maximum atomic E-state index is 14.1. The summed E-state index contributed by atoms with van der Waals surface area (Å²) in [6.07, 6.45) is -0.166. The molecule has 274 valence electrons. The lowest BCUT2D eigenvalue weighted by Crippen LogP contribution is -2.53. The highest BCUT2D eigenvalue weighted by atomic mass is 35.5. The first kappa shape index (κ1) is 39.1. The first-order chi connectivity index (χ1) is 24.0. The predicted octanol–water partition coefficient (Wildman–Crippen LogP) is 4.18. The lowest BCUT2D eigenvalue weighted by molar-refractivity contribution is -0.384. The number of aromatic nitrogens is 2. The van der Waals surface area contributed by atoms with Gasteiger partial charge in [-0.15, -0.1) is 0 Å². The summed E-state index contributed by atoms with van der Waals surface area (Å²) in [6, 6.07) is 16.5. The highest BCUT2D eigenvalue weighted by Crippen LogP contribution is 2.26. The van der Waals surface area contributed by atoms with Crippen molar-refractivity contribution in [2.45, 2.75) is 63.7 Å². The Morgan fingerprint density at radius 2 is 1.69 bits per heavy atom. The fourth-order valence-electron chi connectivity index (χ4n) is 5.80. The average Bonchev–Trinajstić information content (AvgIpc) is 3.33. The molecule has 1 amide bonds. The lowest BCUT2D eigenvalue weighted by atomic mass is 9.98. The summed E-state index contributed by atoms with van der Waals surface area (Å²) in [7, 11) is -4.17. The molecule has 1 heterocycles. The molecule has 0 radical (unpaired) electrons. The number of hydrogen-bond donors (Lipinski definition) is 4. The second-order valence-corrected chi connectivity index (χ2v) is 15.5. The number of halogens is 1. The molecule has 0 spiro atoms. The highest BCUT2D eigenvalue weighted by Gasteiger charge is 2.34. The summed E-state index contributed by atoms with van der Waals surface area (Å²) in [5, 5.41) is 36.8. The number of benzene rings is 3. The van der Waals surface area contributed by atoms with Crippen molar-refractivity contribution in [3.05, 3.63) is 116 Å². The Morgan fingerprint density at radius 1 is 1.02 bits per heavy atom. The van der Waals surface area contributed by atoms with Gasteiger partial charge in [-0.3, -0.25) is 24.0 Å². The Labute approximate surface area is 301 Å². The Balaban J connectivity index is 1.66. The van der Waals surface area contributed by atoms with E-state index >= 15 is 0 Å². The van der Waals surface area contributed by atoms with Gasteiger partial charge in [-0.05, 0) is 47.6 Å². The van der Waals surface area contributed by atoms with Crippen LogP contribution < -0.4 is 16.7 Å². The molecule has 0 fully saturated rings. The molecule has 1 aromatic heterocycles. The van der Waals surface area contributed by atoms with Gasteiger partial charge >= 0.3 is 5.69 Å². The minimum absolute atomic E-state index is 0.0509. The van der Waals surface area contributed by atoms with E-state index in [0.29, 0.717) is 5.56 Å². The Kier molecular flexibility index (Phi) is 12.7. The molecule has 5 N–H and O–H groups in total. The maximum Gasteiger partial charge on any atom is 0.332 e. The van der Waals surface area contributed by atoms with E-state index in [9.17, 15) is 38.3 Å². The zero-order chi connectivity index (χ0) is 37.6. The van der Waals surface area contributed by atoms with Crippen LogP contribution in [-0.4, -0.2) is 68.1 Å². The zero-order valence-corrected chi connectivity index (χ0v) is 30.3. The molecule has 14 nitrogen and oxygen atoms in total. The van der Waals surface area contributed by atoms with E-state index in [0.717, 1.165) is 25.2 Å². The highest BCUT2D eigenvalue weighted by molar-refractivity contribution is 7.89. The van der Waals surface area contributed by atoms with Crippen LogP contribution in [0.2, 0.25) is 5.02 Å². The first-order valence-corrected chi connectivity index (χ1v) is 18.1. The number of nitrogen functional groups attached to an aromatic ring is 1. The van der Waals surface area contributed by atoms with Gasteiger partial charge in [0.15, 0.2) is 0 Å². The fraction of sp³-hybridized carbons (Fsp3) is 0.371. The minimum Gasteiger partial charge on any atom is -0.493 e. The van der Waals surface area contributed by atoms with Crippen molar-refractivity contribution in [2.75, 3.05) is 18.8 Å². The van der Waals surface area contributed by atoms with E-state index in [2.05, 4.69) is 5.32 Å². The summed E-state index contributed by atoms with van der Waals surface area (Å²) >= 11 is 6.04. The van der Waals surface area contributed by atoms with Crippen molar-refractivity contribution in [3.63, 3.8) is 0 Å². The Morgan fingerprint density at radius 3 is 2.29 bits per heavy atom. The molecule has 0 saturated carbocycles. The number of nitro groups is 1. The molecule has 51 heavy (non-hydrogen) atoms. The second-order valence-electron chi connectivity index (χ2n) is 13.2. The third kappa shape index (κ3) is 9.55. The van der Waals surface area contributed by atoms with Crippen molar-refractivity contribution in [3.8, 4) is 5.88 Å². The van der Waals surface area contributed by atoms with E-state index in [4.69, 9.17) is 17.3 Å². The molecule has 0 bridgehead atoms. The third-order valence-electron chi connectivity index (χ3n) is 8.30. The first-order valence-electron chi connectivity index (χ1n) is 16.3. The number of amides is 1. The molecule has 3 aromatic carbocycles. The van der Waals surface area contributed by atoms with Gasteiger partial charge < -0.3 is 21.3 Å². The van der Waals surface area contributed by atoms with Crippen LogP contribution in [0.3, 0.4) is 0 Å². The van der Waals surface area contributed by atoms with Crippen LogP contribution in [0, 0.1) is 22.0 Å². The average molecular weight is 743 g/mol. The normalized spacial score (nSPS) is 13.7. The maximum absolute atomic E-state index is 14.1. The van der Waals surface area contributed by atoms with Gasteiger partial charge in [-0.1, -0.05) is 81.8 Å². The number of imidazole rings is 1. The van der Waals surface area contributed by atoms with Crippen LogP contribution in [0.15, 0.2) is 88.7 Å². The Hall–Kier alpha value is -4.70. The lowest BCUT2D eigenvalue weighted by Gasteiger charge is -2.32. The van der Waals surface area contributed by atoms with E-state index in [1.54, 1.807) is 32.0 Å². The van der Waals surface area contributed by atoms with Crippen molar-refractivity contribution in [1.82, 2.24) is 18.8 Å². The molecular weight excluding hydrogens is 700 g/mol. The van der Waals surface area contributed by atoms with Gasteiger partial charge in [-0.25, -0.2) is 13.2 Å². The van der Waals surface area contributed by atoms with Crippen molar-refractivity contribution >= 4 is 38.9 Å². The summed E-state index contributed by atoms with van der Waals surface area (Å²) < 4.78 is 30.9. The standard InChI is InChI=1S/C35H43ClN6O8S/c1-22(2)18-39(51(49,50)27-13-14-28(36)29(37)17-27)20-31(43)30(16-24-9-6-5-7-10-24)38-34(45)33(23(3)4)41-21-32(44)40(35(41)46)19-25-11-8-12-26(15-25)42(47)48/h5-15,17,21-23,30-31,33,43-44H,16,18-20,37H2,1-4H3,(H,38,45)/t30-,31+,33-/m0/s1. The number of hydrogen-bond acceptors (Lipinski definition) is 9. The van der Waals surface area contributed by atoms with Crippen LogP contribution in [0.5, 0.6) is 5.88 Å². The topological polar surface area (TPSA) is 203 Å². The number of anilines is 1. The van der Waals surface area contributed by atoms with Crippen LogP contribution in [0.1, 0.15) is 44.9 Å². The number of nitrogens with one attached hydrogen (secondary N) is 1. The number of aliphatic hydroxyl groups is 1. The molecule has 4 aromatic rings. The molecule has 0 aliphatic rings. The van der Waals surface area contributed by atoms with E-state index in [1.807, 2.05) is 32.0 Å². The van der Waals surface area contributed by atoms with Crippen molar-refractivity contribution in [2.24, 2.45) is 11.8 Å². The second kappa shape index (κ2) is 16.5. The quantitative estimate of drug-likeness (QED) is 0.0738. The number of aliphatic hydroxyl groups excluding tert-OH is 1. The van der Waals surface area contributed by atoms with E-state index in [1.165, 1.54) is 36.4 Å². The number of nitro benzene ring substituents is 1. The molecule has 16 heteroatoms. The molecule has 0 aliphatic heterocycles. The van der Waals surface area contributed by atoms with E-state index in [-0.39, 0.29) is 53.3 Å². The molecule has 0 aliphatic carbocycles. The summed E-state index contributed by atoms with van der Waals surface area (Å²) in [5.74, 6) is -1.72. The van der Waals surface area contributed by atoms with Crippen LogP contribution in [0.4, 0.5) is 11.4 Å². The van der Waals surface area contributed by atoms with E-state index < -0.39 is 56.5 Å². The number of carbonyl (C=O) groups excluding carboxylic acids is 1. The minimum atomic E-state index is -4.17. The van der Waals surface area contributed by atoms with Gasteiger partial charge in [0.05, 0.1) is 45.4 Å². The summed E-state index contributed by atoms with van der Waals surface area (Å²) in [5.41, 5.74) is 6.22. The van der Waals surface area contributed by atoms with Crippen LogP contribution >= 0.6 is 11.6 Å². The Bertz CT molecular complexity index is 2020. The van der Waals surface area contributed by atoms with Gasteiger partial charge in [0, 0.05) is 25.2 Å². The molecule has 0 saturated heterocycles. The number of nitrogens with zero attached hydrogens (tertiary/aromatic N) is 4. The molecule has 0 unspecified atom stereocenters. The number of aromatic hydroxyl groups is 1. The largest absolute Gasteiger partial charge is 0.493 e. The van der Waals surface area contributed by atoms with Crippen LogP contribution in [0.25, 0.3) is 0 Å². The fourth-order valence-corrected chi connectivity index (χ4v) is 7.58. The molecule has 3 atom stereocenters. The van der Waals surface area contributed by atoms with Gasteiger partial charge in [0.2, 0.25) is 21.8 Å². The molecule has 4 rings (SSSR count). The number of non-ortho nitro benzene ring substituents is 1. The zero-order valence-electron chi connectivity index (χ0n) is 28.7. The smallest absolute Gasteiger partial charge is 0.332 e. The number of nitrogens with two attached hydrogens (primary N) is 1. The number of rotatable bonds is 16. The van der Waals surface area contributed by atoms with Crippen molar-refractivity contribution in [1.29, 1.82) is 0 Å². The van der Waals surface area contributed by atoms with Gasteiger partial charge in [0.1, 0.15) is 6.04 Å². The number of sulfonamides is 1.